The summed E-state index contributed by atoms with van der Waals surface area (Å²) in [7, 11) is 0. The highest BCUT2D eigenvalue weighted by Crippen LogP contribution is 2.42. The Bertz CT molecular complexity index is 1170. The van der Waals surface area contributed by atoms with E-state index in [2.05, 4.69) is 31.2 Å². The molecule has 1 aromatic carbocycles. The van der Waals surface area contributed by atoms with Crippen LogP contribution in [0.5, 0.6) is 0 Å². The fourth-order valence-electron chi connectivity index (χ4n) is 3.31. The van der Waals surface area contributed by atoms with E-state index in [1.807, 2.05) is 6.92 Å². The Morgan fingerprint density at radius 2 is 2.03 bits per heavy atom. The molecule has 1 saturated carbocycles. The number of nitrogens with zero attached hydrogens (tertiary/aromatic N) is 3. The monoisotopic (exact) mass is 466 g/mol. The Kier molecular flexibility index (Phi) is 4.88. The van der Waals surface area contributed by atoms with E-state index in [0.717, 1.165) is 18.9 Å². The first kappa shape index (κ1) is 19.9. The van der Waals surface area contributed by atoms with Gasteiger partial charge in [0.25, 0.3) is 12.0 Å². The predicted molar refractivity (Wildman–Crippen MR) is 108 cm³/mol. The number of alkyl halides is 2. The maximum absolute atomic E-state index is 14.4. The molecule has 1 N–H and O–H groups in total. The number of hydrogen-bond donors (Lipinski definition) is 1. The molecule has 0 atom stereocenters. The Hall–Kier alpha value is -2.42. The Morgan fingerprint density at radius 3 is 2.69 bits per heavy atom. The second-order valence-electron chi connectivity index (χ2n) is 7.47. The molecule has 152 valence electrons. The molecule has 29 heavy (non-hydrogen) atoms. The number of aryl methyl sites for hydroxylation is 1. The van der Waals surface area contributed by atoms with Gasteiger partial charge in [-0.15, -0.1) is 0 Å². The third kappa shape index (κ3) is 3.52. The molecular formula is C20H18BrF3N4O. The summed E-state index contributed by atoms with van der Waals surface area (Å²) in [4.78, 5) is 21.5. The van der Waals surface area contributed by atoms with Crippen molar-refractivity contribution >= 4 is 32.7 Å². The average Bonchev–Trinajstić information content (AvgIpc) is 3.42. The zero-order chi connectivity index (χ0) is 20.9. The maximum atomic E-state index is 14.4. The smallest absolute Gasteiger partial charge is 0.267 e. The van der Waals surface area contributed by atoms with E-state index in [1.165, 1.54) is 12.1 Å². The molecule has 0 radical (unpaired) electrons. The number of fused-ring (bicyclic) bond motifs is 1. The van der Waals surface area contributed by atoms with Crippen LogP contribution in [0.3, 0.4) is 0 Å². The van der Waals surface area contributed by atoms with Crippen molar-refractivity contribution in [2.45, 2.75) is 45.2 Å². The molecule has 9 heteroatoms. The number of nitrogens with one attached hydrogen (secondary N) is 1. The second-order valence-corrected chi connectivity index (χ2v) is 8.26. The topological polar surface area (TPSA) is 59.8 Å². The van der Waals surface area contributed by atoms with Gasteiger partial charge >= 0.3 is 0 Å². The van der Waals surface area contributed by atoms with Gasteiger partial charge in [-0.25, -0.2) is 23.1 Å². The Morgan fingerprint density at radius 1 is 1.31 bits per heavy atom. The summed E-state index contributed by atoms with van der Waals surface area (Å²) in [6, 6.07) is 3.91. The SMILES string of the molecule is Cc1nc(NCc2cccc(C(F)F)c2F)c2cn(C3(C)CC3)c(=O)c(Br)c2n1. The van der Waals surface area contributed by atoms with Crippen molar-refractivity contribution in [3.05, 3.63) is 62.0 Å². The van der Waals surface area contributed by atoms with E-state index in [-0.39, 0.29) is 23.2 Å². The van der Waals surface area contributed by atoms with Gasteiger partial charge in [0.2, 0.25) is 0 Å². The van der Waals surface area contributed by atoms with Crippen LogP contribution in [0.4, 0.5) is 19.0 Å². The number of benzene rings is 1. The van der Waals surface area contributed by atoms with Gasteiger partial charge in [0.15, 0.2) is 0 Å². The Labute approximate surface area is 173 Å². The van der Waals surface area contributed by atoms with Gasteiger partial charge in [-0.1, -0.05) is 18.2 Å². The lowest BCUT2D eigenvalue weighted by molar-refractivity contribution is 0.146. The summed E-state index contributed by atoms with van der Waals surface area (Å²) >= 11 is 3.36. The van der Waals surface area contributed by atoms with Gasteiger partial charge in [0.1, 0.15) is 21.9 Å². The first-order valence-electron chi connectivity index (χ1n) is 9.10. The largest absolute Gasteiger partial charge is 0.365 e. The van der Waals surface area contributed by atoms with Crippen LogP contribution in [0.25, 0.3) is 10.9 Å². The molecule has 1 aliphatic carbocycles. The van der Waals surface area contributed by atoms with Crippen molar-refractivity contribution < 1.29 is 13.2 Å². The van der Waals surface area contributed by atoms with Gasteiger partial charge in [0.05, 0.1) is 16.5 Å². The minimum Gasteiger partial charge on any atom is -0.365 e. The summed E-state index contributed by atoms with van der Waals surface area (Å²) in [6.45, 7) is 3.65. The molecule has 5 nitrogen and oxygen atoms in total. The van der Waals surface area contributed by atoms with E-state index < -0.39 is 17.8 Å². The van der Waals surface area contributed by atoms with Crippen LogP contribution in [0, 0.1) is 12.7 Å². The van der Waals surface area contributed by atoms with Gasteiger partial charge in [-0.3, -0.25) is 4.79 Å². The molecule has 0 spiro atoms. The number of halogens is 4. The van der Waals surface area contributed by atoms with Crippen LogP contribution < -0.4 is 10.9 Å². The van der Waals surface area contributed by atoms with Crippen LogP contribution >= 0.6 is 15.9 Å². The highest BCUT2D eigenvalue weighted by atomic mass is 79.9. The third-order valence-electron chi connectivity index (χ3n) is 5.28. The highest BCUT2D eigenvalue weighted by Gasteiger charge is 2.40. The number of rotatable bonds is 5. The van der Waals surface area contributed by atoms with Crippen molar-refractivity contribution in [2.75, 3.05) is 5.32 Å². The zero-order valence-corrected chi connectivity index (χ0v) is 17.4. The Balaban J connectivity index is 1.77. The molecule has 1 fully saturated rings. The molecular weight excluding hydrogens is 449 g/mol. The molecule has 3 aromatic rings. The number of hydrogen-bond acceptors (Lipinski definition) is 4. The summed E-state index contributed by atoms with van der Waals surface area (Å²) < 4.78 is 42.3. The normalized spacial score (nSPS) is 15.1. The van der Waals surface area contributed by atoms with Crippen molar-refractivity contribution in [3.63, 3.8) is 0 Å². The van der Waals surface area contributed by atoms with Crippen molar-refractivity contribution in [1.82, 2.24) is 14.5 Å². The predicted octanol–water partition coefficient (Wildman–Crippen LogP) is 5.06. The average molecular weight is 467 g/mol. The van der Waals surface area contributed by atoms with Gasteiger partial charge in [0, 0.05) is 23.8 Å². The lowest BCUT2D eigenvalue weighted by Crippen LogP contribution is -2.28. The first-order valence-corrected chi connectivity index (χ1v) is 9.90. The molecule has 2 aromatic heterocycles. The minimum absolute atomic E-state index is 0.0358. The first-order chi connectivity index (χ1) is 13.7. The van der Waals surface area contributed by atoms with Gasteiger partial charge in [-0.2, -0.15) is 0 Å². The van der Waals surface area contributed by atoms with E-state index in [9.17, 15) is 18.0 Å². The molecule has 0 bridgehead atoms. The quantitative estimate of drug-likeness (QED) is 0.570. The van der Waals surface area contributed by atoms with E-state index in [1.54, 1.807) is 17.7 Å². The van der Waals surface area contributed by atoms with Crippen LogP contribution in [0.15, 0.2) is 33.7 Å². The molecule has 1 aliphatic rings. The maximum Gasteiger partial charge on any atom is 0.267 e. The third-order valence-corrected chi connectivity index (χ3v) is 5.99. The summed E-state index contributed by atoms with van der Waals surface area (Å²) in [5.41, 5.74) is -0.488. The molecule has 0 aliphatic heterocycles. The van der Waals surface area contributed by atoms with Crippen LogP contribution in [-0.4, -0.2) is 14.5 Å². The standard InChI is InChI=1S/C20H18BrF3N4O/c1-10-26-16-13(9-28(19(29)14(16)21)20(2)6-7-20)18(27-10)25-8-11-4-3-5-12(15(11)22)17(23)24/h3-5,9,17H,6-8H2,1-2H3,(H,25,26,27). The molecule has 0 amide bonds. The van der Waals surface area contributed by atoms with Crippen molar-refractivity contribution in [2.24, 2.45) is 0 Å². The zero-order valence-electron chi connectivity index (χ0n) is 15.8. The second kappa shape index (κ2) is 7.12. The van der Waals surface area contributed by atoms with E-state index >= 15 is 0 Å². The van der Waals surface area contributed by atoms with Gasteiger partial charge < -0.3 is 9.88 Å². The number of anilines is 1. The fourth-order valence-corrected chi connectivity index (χ4v) is 3.80. The molecule has 2 heterocycles. The lowest BCUT2D eigenvalue weighted by Gasteiger charge is -2.17. The van der Waals surface area contributed by atoms with Crippen LogP contribution in [-0.2, 0) is 12.1 Å². The van der Waals surface area contributed by atoms with Crippen molar-refractivity contribution in [1.29, 1.82) is 0 Å². The molecule has 0 unspecified atom stereocenters. The van der Waals surface area contributed by atoms with E-state index in [0.29, 0.717) is 27.0 Å². The fraction of sp³-hybridized carbons (Fsp3) is 0.350. The molecule has 4 rings (SSSR count). The van der Waals surface area contributed by atoms with Crippen LogP contribution in [0.2, 0.25) is 0 Å². The summed E-state index contributed by atoms with van der Waals surface area (Å²) in [6.07, 6.45) is 0.614. The van der Waals surface area contributed by atoms with E-state index in [4.69, 9.17) is 0 Å². The van der Waals surface area contributed by atoms with Crippen LogP contribution in [0.1, 0.15) is 43.1 Å². The highest BCUT2D eigenvalue weighted by molar-refractivity contribution is 9.10. The van der Waals surface area contributed by atoms with Crippen molar-refractivity contribution in [3.8, 4) is 0 Å². The lowest BCUT2D eigenvalue weighted by atomic mass is 10.1. The van der Waals surface area contributed by atoms with Gasteiger partial charge in [-0.05, 0) is 42.6 Å². The minimum atomic E-state index is -2.89. The summed E-state index contributed by atoms with van der Waals surface area (Å²) in [5.74, 6) is -0.0981. The summed E-state index contributed by atoms with van der Waals surface area (Å²) in [5, 5.41) is 3.62. The molecule has 0 saturated heterocycles. The number of pyridine rings is 1. The number of aromatic nitrogens is 3.